The molecule has 2 N–H and O–H groups in total. The summed E-state index contributed by atoms with van der Waals surface area (Å²) in [4.78, 5) is 6.42. The molecule has 0 aromatic heterocycles. The SMILES string of the molecule is CN=C(NCCCCCCCN(C)C)NCc1cccc(F)c1.I. The highest BCUT2D eigenvalue weighted by Crippen LogP contribution is 2.03. The van der Waals surface area contributed by atoms with Crippen molar-refractivity contribution in [1.82, 2.24) is 15.5 Å². The second kappa shape index (κ2) is 14.5. The molecule has 0 aliphatic heterocycles. The molecule has 1 rings (SSSR count). The van der Waals surface area contributed by atoms with Gasteiger partial charge in [-0.2, -0.15) is 0 Å². The monoisotopic (exact) mass is 450 g/mol. The van der Waals surface area contributed by atoms with E-state index in [1.165, 1.54) is 44.4 Å². The smallest absolute Gasteiger partial charge is 0.191 e. The fourth-order valence-electron chi connectivity index (χ4n) is 2.34. The number of halogens is 2. The summed E-state index contributed by atoms with van der Waals surface area (Å²) in [6, 6.07) is 6.61. The maximum Gasteiger partial charge on any atom is 0.191 e. The van der Waals surface area contributed by atoms with Crippen LogP contribution in [0.25, 0.3) is 0 Å². The molecule has 6 heteroatoms. The molecule has 0 spiro atoms. The van der Waals surface area contributed by atoms with Gasteiger partial charge in [0, 0.05) is 20.1 Å². The van der Waals surface area contributed by atoms with E-state index in [4.69, 9.17) is 0 Å². The Morgan fingerprint density at radius 2 is 1.79 bits per heavy atom. The van der Waals surface area contributed by atoms with E-state index in [-0.39, 0.29) is 29.8 Å². The molecule has 1 aromatic carbocycles. The van der Waals surface area contributed by atoms with Crippen molar-refractivity contribution in [1.29, 1.82) is 0 Å². The Labute approximate surface area is 163 Å². The Bertz CT molecular complexity index is 466. The van der Waals surface area contributed by atoms with Crippen molar-refractivity contribution in [2.45, 2.75) is 38.6 Å². The normalized spacial score (nSPS) is 11.3. The topological polar surface area (TPSA) is 39.7 Å². The molecule has 0 unspecified atom stereocenters. The average Bonchev–Trinajstić information content (AvgIpc) is 2.52. The van der Waals surface area contributed by atoms with Crippen LogP contribution >= 0.6 is 24.0 Å². The Morgan fingerprint density at radius 1 is 1.08 bits per heavy atom. The predicted octanol–water partition coefficient (Wildman–Crippen LogP) is 3.62. The first-order valence-corrected chi connectivity index (χ1v) is 8.45. The molecule has 0 aliphatic carbocycles. The van der Waals surface area contributed by atoms with Gasteiger partial charge in [-0.25, -0.2) is 4.39 Å². The van der Waals surface area contributed by atoms with Crippen LogP contribution in [0.15, 0.2) is 29.3 Å². The lowest BCUT2D eigenvalue weighted by molar-refractivity contribution is 0.389. The van der Waals surface area contributed by atoms with Gasteiger partial charge in [0.2, 0.25) is 0 Å². The van der Waals surface area contributed by atoms with Crippen LogP contribution in [0.1, 0.15) is 37.7 Å². The number of hydrogen-bond acceptors (Lipinski definition) is 2. The zero-order valence-corrected chi connectivity index (χ0v) is 17.5. The van der Waals surface area contributed by atoms with Crippen molar-refractivity contribution >= 4 is 29.9 Å². The number of hydrogen-bond donors (Lipinski definition) is 2. The molecule has 138 valence electrons. The lowest BCUT2D eigenvalue weighted by atomic mass is 10.1. The average molecular weight is 450 g/mol. The van der Waals surface area contributed by atoms with Gasteiger partial charge in [0.15, 0.2) is 5.96 Å². The standard InChI is InChI=1S/C18H31FN4.HI/c1-20-18(22-15-16-10-9-11-17(19)14-16)21-12-7-5-4-6-8-13-23(2)3;/h9-11,14H,4-8,12-13,15H2,1-3H3,(H2,20,21,22);1H. The van der Waals surface area contributed by atoms with Gasteiger partial charge >= 0.3 is 0 Å². The number of aliphatic imine (C=N–C) groups is 1. The van der Waals surface area contributed by atoms with E-state index < -0.39 is 0 Å². The van der Waals surface area contributed by atoms with Gasteiger partial charge in [0.1, 0.15) is 5.82 Å². The third-order valence-corrected chi connectivity index (χ3v) is 3.65. The molecule has 24 heavy (non-hydrogen) atoms. The van der Waals surface area contributed by atoms with Crippen LogP contribution in [0, 0.1) is 5.82 Å². The molecular formula is C18H32FIN4. The number of rotatable bonds is 10. The van der Waals surface area contributed by atoms with Gasteiger partial charge in [0.25, 0.3) is 0 Å². The number of nitrogens with zero attached hydrogens (tertiary/aromatic N) is 2. The zero-order chi connectivity index (χ0) is 16.9. The molecule has 1 aromatic rings. The van der Waals surface area contributed by atoms with Gasteiger partial charge < -0.3 is 15.5 Å². The molecule has 0 amide bonds. The van der Waals surface area contributed by atoms with Crippen LogP contribution in [-0.2, 0) is 6.54 Å². The summed E-state index contributed by atoms with van der Waals surface area (Å²) in [7, 11) is 5.99. The van der Waals surface area contributed by atoms with E-state index in [0.29, 0.717) is 6.54 Å². The summed E-state index contributed by atoms with van der Waals surface area (Å²) < 4.78 is 13.1. The molecule has 0 aliphatic rings. The summed E-state index contributed by atoms with van der Waals surface area (Å²) in [5, 5.41) is 6.50. The summed E-state index contributed by atoms with van der Waals surface area (Å²) in [6.45, 7) is 2.66. The summed E-state index contributed by atoms with van der Waals surface area (Å²) in [5.74, 6) is 0.559. The van der Waals surface area contributed by atoms with E-state index in [2.05, 4.69) is 34.6 Å². The first-order chi connectivity index (χ1) is 11.1. The maximum atomic E-state index is 13.1. The maximum absolute atomic E-state index is 13.1. The summed E-state index contributed by atoms with van der Waals surface area (Å²) >= 11 is 0. The number of unbranched alkanes of at least 4 members (excludes halogenated alkanes) is 4. The first kappa shape index (κ1) is 23.1. The van der Waals surface area contributed by atoms with Gasteiger partial charge in [0.05, 0.1) is 0 Å². The fraction of sp³-hybridized carbons (Fsp3) is 0.611. The third kappa shape index (κ3) is 11.6. The van der Waals surface area contributed by atoms with Crippen LogP contribution < -0.4 is 10.6 Å². The fourth-order valence-corrected chi connectivity index (χ4v) is 2.34. The van der Waals surface area contributed by atoms with Gasteiger partial charge in [-0.3, -0.25) is 4.99 Å². The lowest BCUT2D eigenvalue weighted by Crippen LogP contribution is -2.37. The van der Waals surface area contributed by atoms with Gasteiger partial charge in [-0.05, 0) is 51.2 Å². The highest BCUT2D eigenvalue weighted by molar-refractivity contribution is 14.0. The molecular weight excluding hydrogens is 418 g/mol. The lowest BCUT2D eigenvalue weighted by Gasteiger charge is -2.12. The molecule has 0 fully saturated rings. The van der Waals surface area contributed by atoms with Crippen LogP contribution in [-0.4, -0.2) is 45.1 Å². The summed E-state index contributed by atoms with van der Waals surface area (Å²) in [5.41, 5.74) is 0.911. The molecule has 0 radical (unpaired) electrons. The predicted molar refractivity (Wildman–Crippen MR) is 112 cm³/mol. The second-order valence-electron chi connectivity index (χ2n) is 6.05. The molecule has 0 saturated carbocycles. The van der Waals surface area contributed by atoms with Crippen molar-refractivity contribution in [2.24, 2.45) is 4.99 Å². The highest BCUT2D eigenvalue weighted by Gasteiger charge is 1.99. The molecule has 0 saturated heterocycles. The van der Waals surface area contributed by atoms with Crippen LogP contribution in [0.5, 0.6) is 0 Å². The second-order valence-corrected chi connectivity index (χ2v) is 6.05. The van der Waals surface area contributed by atoms with Crippen LogP contribution in [0.4, 0.5) is 4.39 Å². The van der Waals surface area contributed by atoms with Gasteiger partial charge in [-0.15, -0.1) is 24.0 Å². The zero-order valence-electron chi connectivity index (χ0n) is 15.1. The van der Waals surface area contributed by atoms with Crippen molar-refractivity contribution < 1.29 is 4.39 Å². The van der Waals surface area contributed by atoms with Gasteiger partial charge in [-0.1, -0.05) is 31.4 Å². The number of nitrogens with one attached hydrogen (secondary N) is 2. The highest BCUT2D eigenvalue weighted by atomic mass is 127. The largest absolute Gasteiger partial charge is 0.356 e. The Balaban J connectivity index is 0.00000529. The Kier molecular flexibility index (Phi) is 13.9. The minimum Gasteiger partial charge on any atom is -0.356 e. The number of benzene rings is 1. The Morgan fingerprint density at radius 3 is 2.46 bits per heavy atom. The third-order valence-electron chi connectivity index (χ3n) is 3.65. The first-order valence-electron chi connectivity index (χ1n) is 8.45. The molecule has 4 nitrogen and oxygen atoms in total. The van der Waals surface area contributed by atoms with Crippen molar-refractivity contribution in [3.05, 3.63) is 35.6 Å². The molecule has 0 atom stereocenters. The Hall–Kier alpha value is -0.890. The quantitative estimate of drug-likeness (QED) is 0.248. The van der Waals surface area contributed by atoms with Crippen LogP contribution in [0.2, 0.25) is 0 Å². The van der Waals surface area contributed by atoms with Crippen molar-refractivity contribution in [3.8, 4) is 0 Å². The summed E-state index contributed by atoms with van der Waals surface area (Å²) in [6.07, 6.45) is 6.23. The van der Waals surface area contributed by atoms with Crippen molar-refractivity contribution in [3.63, 3.8) is 0 Å². The van der Waals surface area contributed by atoms with Crippen molar-refractivity contribution in [2.75, 3.05) is 34.2 Å². The van der Waals surface area contributed by atoms with Crippen LogP contribution in [0.3, 0.4) is 0 Å². The van der Waals surface area contributed by atoms with E-state index >= 15 is 0 Å². The number of guanidine groups is 1. The van der Waals surface area contributed by atoms with E-state index in [0.717, 1.165) is 24.5 Å². The molecule has 0 heterocycles. The molecule has 0 bridgehead atoms. The minimum absolute atomic E-state index is 0. The minimum atomic E-state index is -0.207. The van der Waals surface area contributed by atoms with E-state index in [1.807, 2.05) is 6.07 Å². The van der Waals surface area contributed by atoms with E-state index in [9.17, 15) is 4.39 Å². The van der Waals surface area contributed by atoms with E-state index in [1.54, 1.807) is 13.1 Å².